The Kier molecular flexibility index (Phi) is 6.51. The molecular weight excluding hydrogens is 325 g/mol. The van der Waals surface area contributed by atoms with E-state index in [-0.39, 0.29) is 0 Å². The van der Waals surface area contributed by atoms with E-state index in [0.29, 0.717) is 5.75 Å². The molecule has 1 rings (SSSR count). The smallest absolute Gasteiger partial charge is 0.431 e. The first-order chi connectivity index (χ1) is 11.0. The highest BCUT2D eigenvalue weighted by Gasteiger charge is 2.39. The van der Waals surface area contributed by atoms with Gasteiger partial charge in [-0.3, -0.25) is 9.59 Å². The Labute approximate surface area is 137 Å². The maximum Gasteiger partial charge on any atom is 0.431 e. The molecule has 0 radical (unpaired) electrons. The summed E-state index contributed by atoms with van der Waals surface area (Å²) in [7, 11) is 0. The summed E-state index contributed by atoms with van der Waals surface area (Å²) < 4.78 is 43.8. The quantitative estimate of drug-likeness (QED) is 0.637. The molecule has 1 N–H and O–H groups in total. The summed E-state index contributed by atoms with van der Waals surface area (Å²) in [5, 5.41) is 3.05. The highest BCUT2D eigenvalue weighted by molar-refractivity contribution is 6.06. The van der Waals surface area contributed by atoms with Crippen molar-refractivity contribution in [3.05, 3.63) is 30.3 Å². The Morgan fingerprint density at radius 3 is 2.21 bits per heavy atom. The number of Topliss-reactive ketones (excluding diaryl/α,β-unsaturated/α-hetero) is 1. The van der Waals surface area contributed by atoms with Gasteiger partial charge in [0.2, 0.25) is 0 Å². The normalized spacial score (nSPS) is 12.7. The number of alkyl halides is 3. The molecule has 0 bridgehead atoms. The summed E-state index contributed by atoms with van der Waals surface area (Å²) in [4.78, 5) is 23.3. The first kappa shape index (κ1) is 19.7. The van der Waals surface area contributed by atoms with Crippen LogP contribution in [0.15, 0.2) is 35.4 Å². The first-order valence-electron chi connectivity index (χ1n) is 7.14. The fourth-order valence-corrected chi connectivity index (χ4v) is 1.45. The molecule has 8 heteroatoms. The Hall–Kier alpha value is -2.38. The largest absolute Gasteiger partial charge is 0.484 e. The zero-order chi connectivity index (χ0) is 18.4. The Balaban J connectivity index is 2.67. The predicted molar refractivity (Wildman–Crippen MR) is 82.6 cm³/mol. The van der Waals surface area contributed by atoms with E-state index in [9.17, 15) is 22.8 Å². The Morgan fingerprint density at radius 2 is 1.71 bits per heavy atom. The molecule has 5 nitrogen and oxygen atoms in total. The minimum Gasteiger partial charge on any atom is -0.484 e. The number of ketones is 1. The molecule has 0 aliphatic carbocycles. The van der Waals surface area contributed by atoms with Crippen LogP contribution in [0.5, 0.6) is 5.75 Å². The molecule has 1 aromatic carbocycles. The van der Waals surface area contributed by atoms with Crippen molar-refractivity contribution in [2.75, 3.05) is 6.61 Å². The Bertz CT molecular complexity index is 605. The monoisotopic (exact) mass is 344 g/mol. The van der Waals surface area contributed by atoms with Crippen LogP contribution in [0.25, 0.3) is 0 Å². The lowest BCUT2D eigenvalue weighted by molar-refractivity contribution is -0.126. The number of amides is 1. The molecule has 0 atom stereocenters. The van der Waals surface area contributed by atoms with E-state index < -0.39 is 42.0 Å². The number of hydrogen-bond acceptors (Lipinski definition) is 4. The number of nitrogens with one attached hydrogen (secondary N) is 1. The summed E-state index contributed by atoms with van der Waals surface area (Å²) in [5.74, 6) is -1.09. The van der Waals surface area contributed by atoms with Gasteiger partial charge in [0.05, 0.1) is 6.42 Å². The van der Waals surface area contributed by atoms with Gasteiger partial charge in [0.15, 0.2) is 6.61 Å². The summed E-state index contributed by atoms with van der Waals surface area (Å²) in [5.41, 5.74) is -0.521. The predicted octanol–water partition coefficient (Wildman–Crippen LogP) is 3.11. The van der Waals surface area contributed by atoms with Gasteiger partial charge in [0.25, 0.3) is 5.91 Å². The van der Waals surface area contributed by atoms with E-state index in [1.165, 1.54) is 20.8 Å². The number of hydrogen-bond donors (Lipinski definition) is 1. The molecule has 0 saturated heterocycles. The fraction of sp³-hybridized carbons (Fsp3) is 0.438. The zero-order valence-electron chi connectivity index (χ0n) is 13.6. The third-order valence-electron chi connectivity index (χ3n) is 2.92. The number of carbonyl (C=O) groups excluding carboxylic acids is 2. The van der Waals surface area contributed by atoms with Crippen LogP contribution >= 0.6 is 0 Å². The molecule has 1 amide bonds. The van der Waals surface area contributed by atoms with Gasteiger partial charge in [0, 0.05) is 5.41 Å². The molecule has 1 aromatic rings. The van der Waals surface area contributed by atoms with Crippen molar-refractivity contribution >= 4 is 17.4 Å². The minimum atomic E-state index is -4.81. The number of hydrazone groups is 1. The second-order valence-electron chi connectivity index (χ2n) is 6.04. The van der Waals surface area contributed by atoms with Gasteiger partial charge in [-0.1, -0.05) is 39.0 Å². The van der Waals surface area contributed by atoms with Crippen LogP contribution < -0.4 is 10.2 Å². The summed E-state index contributed by atoms with van der Waals surface area (Å²) in [6.07, 6.45) is -5.72. The second-order valence-corrected chi connectivity index (χ2v) is 6.04. The highest BCUT2D eigenvalue weighted by atomic mass is 19.4. The molecule has 0 spiro atoms. The van der Waals surface area contributed by atoms with E-state index in [1.807, 2.05) is 0 Å². The van der Waals surface area contributed by atoms with Crippen molar-refractivity contribution < 1.29 is 27.5 Å². The maximum absolute atomic E-state index is 12.9. The number of halogens is 3. The van der Waals surface area contributed by atoms with Crippen molar-refractivity contribution in [3.8, 4) is 5.75 Å². The van der Waals surface area contributed by atoms with Gasteiger partial charge < -0.3 is 4.74 Å². The van der Waals surface area contributed by atoms with E-state index in [4.69, 9.17) is 4.74 Å². The lowest BCUT2D eigenvalue weighted by Crippen LogP contribution is -2.34. The fourth-order valence-electron chi connectivity index (χ4n) is 1.45. The number of para-hydroxylation sites is 1. The van der Waals surface area contributed by atoms with Gasteiger partial charge in [0.1, 0.15) is 17.2 Å². The average Bonchev–Trinajstić information content (AvgIpc) is 2.48. The van der Waals surface area contributed by atoms with Gasteiger partial charge >= 0.3 is 6.18 Å². The lowest BCUT2D eigenvalue weighted by Gasteiger charge is -2.18. The van der Waals surface area contributed by atoms with Crippen LogP contribution in [-0.2, 0) is 9.59 Å². The van der Waals surface area contributed by atoms with Gasteiger partial charge in [-0.05, 0) is 12.1 Å². The lowest BCUT2D eigenvalue weighted by atomic mass is 9.88. The van der Waals surface area contributed by atoms with Gasteiger partial charge in [-0.25, -0.2) is 5.43 Å². The topological polar surface area (TPSA) is 67.8 Å². The van der Waals surface area contributed by atoms with Crippen molar-refractivity contribution in [3.63, 3.8) is 0 Å². The third-order valence-corrected chi connectivity index (χ3v) is 2.92. The molecule has 0 aromatic heterocycles. The number of nitrogens with zero attached hydrogens (tertiary/aromatic N) is 1. The average molecular weight is 344 g/mol. The summed E-state index contributed by atoms with van der Waals surface area (Å²) >= 11 is 0. The van der Waals surface area contributed by atoms with E-state index >= 15 is 0 Å². The first-order valence-corrected chi connectivity index (χ1v) is 7.14. The zero-order valence-corrected chi connectivity index (χ0v) is 13.6. The molecule has 0 heterocycles. The molecule has 24 heavy (non-hydrogen) atoms. The maximum atomic E-state index is 12.9. The van der Waals surface area contributed by atoms with Gasteiger partial charge in [-0.2, -0.15) is 18.3 Å². The van der Waals surface area contributed by atoms with Crippen LogP contribution in [-0.4, -0.2) is 30.2 Å². The number of benzene rings is 1. The van der Waals surface area contributed by atoms with Crippen LogP contribution in [0.4, 0.5) is 13.2 Å². The van der Waals surface area contributed by atoms with Crippen molar-refractivity contribution in [2.45, 2.75) is 33.4 Å². The SMILES string of the molecule is CC(C)(C)C(=O)C/C(=N/NC(=O)COc1ccccc1)C(F)(F)F. The van der Waals surface area contributed by atoms with Gasteiger partial charge in [-0.15, -0.1) is 0 Å². The second kappa shape index (κ2) is 7.94. The van der Waals surface area contributed by atoms with Crippen LogP contribution in [0.2, 0.25) is 0 Å². The van der Waals surface area contributed by atoms with Crippen molar-refractivity contribution in [1.29, 1.82) is 0 Å². The minimum absolute atomic E-state index is 0.399. The number of carbonyl (C=O) groups is 2. The molecule has 132 valence electrons. The number of rotatable bonds is 6. The molecule has 0 aliphatic heterocycles. The Morgan fingerprint density at radius 1 is 1.12 bits per heavy atom. The highest BCUT2D eigenvalue weighted by Crippen LogP contribution is 2.24. The van der Waals surface area contributed by atoms with Crippen LogP contribution in [0.3, 0.4) is 0 Å². The molecule has 0 aliphatic rings. The molecule has 0 fully saturated rings. The van der Waals surface area contributed by atoms with E-state index in [2.05, 4.69) is 5.10 Å². The molecular formula is C16H19F3N2O3. The molecule has 0 saturated carbocycles. The summed E-state index contributed by atoms with van der Waals surface area (Å²) in [6.45, 7) is 4.03. The standard InChI is InChI=1S/C16H19F3N2O3/c1-15(2,3)13(22)9-12(16(17,18)19)20-21-14(23)10-24-11-7-5-4-6-8-11/h4-8H,9-10H2,1-3H3,(H,21,23)/b20-12-. The third kappa shape index (κ3) is 6.80. The van der Waals surface area contributed by atoms with E-state index in [0.717, 1.165) is 0 Å². The summed E-state index contributed by atoms with van der Waals surface area (Å²) in [6, 6.07) is 8.31. The number of ether oxygens (including phenoxy) is 1. The van der Waals surface area contributed by atoms with Crippen LogP contribution in [0.1, 0.15) is 27.2 Å². The van der Waals surface area contributed by atoms with Crippen molar-refractivity contribution in [1.82, 2.24) is 5.43 Å². The van der Waals surface area contributed by atoms with Crippen molar-refractivity contribution in [2.24, 2.45) is 10.5 Å². The van der Waals surface area contributed by atoms with Crippen LogP contribution in [0, 0.1) is 5.41 Å². The molecule has 0 unspecified atom stereocenters. The van der Waals surface area contributed by atoms with E-state index in [1.54, 1.807) is 35.8 Å².